The fraction of sp³-hybridized carbons (Fsp3) is 0.500. The quantitative estimate of drug-likeness (QED) is 0.607. The first-order chi connectivity index (χ1) is 12.5. The first-order valence-corrected chi connectivity index (χ1v) is 9.49. The predicted octanol–water partition coefficient (Wildman–Crippen LogP) is 1.98. The van der Waals surface area contributed by atoms with Crippen LogP contribution in [0.3, 0.4) is 0 Å². The zero-order valence-electron chi connectivity index (χ0n) is 14.8. The Morgan fingerprint density at radius 2 is 1.81 bits per heavy atom. The number of rotatable bonds is 6. The van der Waals surface area contributed by atoms with E-state index in [1.54, 1.807) is 12.1 Å². The van der Waals surface area contributed by atoms with E-state index in [0.717, 1.165) is 42.1 Å². The number of carbonyl (C=O) groups is 3. The average molecular weight is 426 g/mol. The van der Waals surface area contributed by atoms with E-state index in [2.05, 4.69) is 32.1 Å². The molecule has 0 radical (unpaired) electrons. The summed E-state index contributed by atoms with van der Waals surface area (Å²) in [7, 11) is 0. The Kier molecular flexibility index (Phi) is 7.90. The fourth-order valence-electron chi connectivity index (χ4n) is 2.75. The summed E-state index contributed by atoms with van der Waals surface area (Å²) < 4.78 is 6.31. The maximum absolute atomic E-state index is 11.9. The highest BCUT2D eigenvalue weighted by atomic mass is 79.9. The number of ether oxygens (including phenoxy) is 1. The molecule has 142 valence electrons. The smallest absolute Gasteiger partial charge is 0.276 e. The van der Waals surface area contributed by atoms with Crippen molar-refractivity contribution in [2.24, 2.45) is 5.92 Å². The molecule has 3 amide bonds. The van der Waals surface area contributed by atoms with Crippen LogP contribution in [0.5, 0.6) is 5.75 Å². The standard InChI is InChI=1S/C18H24BrN3O4/c1-12-9-14(7-8-15(12)19)26-11-17(24)22-21-16(23)10-20-18(25)13-5-3-2-4-6-13/h7-9,13H,2-6,10-11H2,1H3,(H,20,25)(H,21,23)(H,22,24). The minimum absolute atomic E-state index is 0.00564. The van der Waals surface area contributed by atoms with E-state index in [1.165, 1.54) is 0 Å². The van der Waals surface area contributed by atoms with Crippen LogP contribution in [0.4, 0.5) is 0 Å². The molecule has 0 spiro atoms. The first-order valence-electron chi connectivity index (χ1n) is 8.70. The molecule has 1 fully saturated rings. The Morgan fingerprint density at radius 3 is 2.50 bits per heavy atom. The van der Waals surface area contributed by atoms with Crippen molar-refractivity contribution in [2.45, 2.75) is 39.0 Å². The number of benzene rings is 1. The topological polar surface area (TPSA) is 96.5 Å². The van der Waals surface area contributed by atoms with Gasteiger partial charge in [-0.2, -0.15) is 0 Å². The SMILES string of the molecule is Cc1cc(OCC(=O)NNC(=O)CNC(=O)C2CCCCC2)ccc1Br. The normalized spacial score (nSPS) is 14.4. The lowest BCUT2D eigenvalue weighted by atomic mass is 9.89. The molecule has 0 saturated heterocycles. The number of hydrogen-bond acceptors (Lipinski definition) is 4. The van der Waals surface area contributed by atoms with Gasteiger partial charge < -0.3 is 10.1 Å². The lowest BCUT2D eigenvalue weighted by Gasteiger charge is -2.20. The van der Waals surface area contributed by atoms with Crippen LogP contribution < -0.4 is 20.9 Å². The molecule has 3 N–H and O–H groups in total. The van der Waals surface area contributed by atoms with Crippen LogP contribution in [0.15, 0.2) is 22.7 Å². The van der Waals surface area contributed by atoms with E-state index in [0.29, 0.717) is 5.75 Å². The van der Waals surface area contributed by atoms with Gasteiger partial charge in [0.2, 0.25) is 5.91 Å². The summed E-state index contributed by atoms with van der Waals surface area (Å²) in [6.45, 7) is 1.52. The Balaban J connectivity index is 1.62. The minimum atomic E-state index is -0.488. The molecule has 1 aromatic carbocycles. The number of amides is 3. The number of hydrogen-bond donors (Lipinski definition) is 3. The number of halogens is 1. The van der Waals surface area contributed by atoms with Gasteiger partial charge in [-0.25, -0.2) is 0 Å². The Morgan fingerprint density at radius 1 is 1.12 bits per heavy atom. The third-order valence-electron chi connectivity index (χ3n) is 4.24. The van der Waals surface area contributed by atoms with Gasteiger partial charge in [-0.3, -0.25) is 25.2 Å². The molecule has 0 aliphatic heterocycles. The molecule has 1 aliphatic carbocycles. The largest absolute Gasteiger partial charge is 0.484 e. The van der Waals surface area contributed by atoms with Crippen molar-refractivity contribution in [3.63, 3.8) is 0 Å². The van der Waals surface area contributed by atoms with Gasteiger partial charge >= 0.3 is 0 Å². The van der Waals surface area contributed by atoms with Gasteiger partial charge in [0.1, 0.15) is 5.75 Å². The summed E-state index contributed by atoms with van der Waals surface area (Å²) in [5.74, 6) is -0.513. The van der Waals surface area contributed by atoms with Crippen molar-refractivity contribution in [1.29, 1.82) is 0 Å². The van der Waals surface area contributed by atoms with Crippen LogP contribution >= 0.6 is 15.9 Å². The first kappa shape index (κ1) is 20.2. The summed E-state index contributed by atoms with van der Waals surface area (Å²) in [4.78, 5) is 35.4. The van der Waals surface area contributed by atoms with Gasteiger partial charge in [-0.15, -0.1) is 0 Å². The van der Waals surface area contributed by atoms with Gasteiger partial charge in [0.15, 0.2) is 6.61 Å². The monoisotopic (exact) mass is 425 g/mol. The van der Waals surface area contributed by atoms with E-state index in [1.807, 2.05) is 13.0 Å². The second-order valence-electron chi connectivity index (χ2n) is 6.35. The van der Waals surface area contributed by atoms with Crippen LogP contribution in [0.25, 0.3) is 0 Å². The molecule has 0 atom stereocenters. The zero-order chi connectivity index (χ0) is 18.9. The minimum Gasteiger partial charge on any atom is -0.484 e. The van der Waals surface area contributed by atoms with Crippen molar-refractivity contribution in [3.05, 3.63) is 28.2 Å². The molecule has 7 nitrogen and oxygen atoms in total. The fourth-order valence-corrected chi connectivity index (χ4v) is 3.00. The molecule has 2 rings (SSSR count). The highest BCUT2D eigenvalue weighted by molar-refractivity contribution is 9.10. The van der Waals surface area contributed by atoms with E-state index < -0.39 is 11.8 Å². The maximum atomic E-state index is 11.9. The average Bonchev–Trinajstić information content (AvgIpc) is 2.66. The Hall–Kier alpha value is -2.09. The molecule has 0 heterocycles. The molecule has 1 aromatic rings. The molecule has 0 unspecified atom stereocenters. The molecule has 0 bridgehead atoms. The lowest BCUT2D eigenvalue weighted by Crippen LogP contribution is -2.48. The van der Waals surface area contributed by atoms with E-state index in [4.69, 9.17) is 4.74 Å². The molecule has 26 heavy (non-hydrogen) atoms. The number of aryl methyl sites for hydroxylation is 1. The number of carbonyl (C=O) groups excluding carboxylic acids is 3. The van der Waals surface area contributed by atoms with Crippen molar-refractivity contribution in [3.8, 4) is 5.75 Å². The molecular formula is C18H24BrN3O4. The van der Waals surface area contributed by atoms with Gasteiger partial charge in [0.25, 0.3) is 11.8 Å². The molecule has 0 aromatic heterocycles. The van der Waals surface area contributed by atoms with E-state index in [-0.39, 0.29) is 25.0 Å². The lowest BCUT2D eigenvalue weighted by molar-refractivity contribution is -0.131. The third-order valence-corrected chi connectivity index (χ3v) is 5.13. The van der Waals surface area contributed by atoms with Crippen molar-refractivity contribution < 1.29 is 19.1 Å². The van der Waals surface area contributed by atoms with E-state index in [9.17, 15) is 14.4 Å². The summed E-state index contributed by atoms with van der Waals surface area (Å²) in [6.07, 6.45) is 5.02. The Labute approximate surface area is 161 Å². The van der Waals surface area contributed by atoms with Crippen LogP contribution in [-0.4, -0.2) is 30.9 Å². The van der Waals surface area contributed by atoms with Gasteiger partial charge in [-0.1, -0.05) is 35.2 Å². The van der Waals surface area contributed by atoms with Crippen molar-refractivity contribution in [2.75, 3.05) is 13.2 Å². The summed E-state index contributed by atoms with van der Waals surface area (Å²) in [5, 5.41) is 2.61. The summed E-state index contributed by atoms with van der Waals surface area (Å²) >= 11 is 3.39. The highest BCUT2D eigenvalue weighted by Gasteiger charge is 2.21. The van der Waals surface area contributed by atoms with Crippen molar-refractivity contribution in [1.82, 2.24) is 16.2 Å². The third kappa shape index (κ3) is 6.67. The zero-order valence-corrected chi connectivity index (χ0v) is 16.4. The van der Waals surface area contributed by atoms with Gasteiger partial charge in [0, 0.05) is 10.4 Å². The second kappa shape index (κ2) is 10.2. The molecule has 1 aliphatic rings. The summed E-state index contributed by atoms with van der Waals surface area (Å²) in [6, 6.07) is 5.37. The van der Waals surface area contributed by atoms with Crippen molar-refractivity contribution >= 4 is 33.7 Å². The second-order valence-corrected chi connectivity index (χ2v) is 7.20. The molecular weight excluding hydrogens is 402 g/mol. The number of nitrogens with one attached hydrogen (secondary N) is 3. The van der Waals surface area contributed by atoms with Gasteiger partial charge in [-0.05, 0) is 43.5 Å². The maximum Gasteiger partial charge on any atom is 0.276 e. The van der Waals surface area contributed by atoms with Gasteiger partial charge in [0.05, 0.1) is 6.54 Å². The van der Waals surface area contributed by atoms with Crippen LogP contribution in [-0.2, 0) is 14.4 Å². The number of hydrazine groups is 1. The van der Waals surface area contributed by atoms with E-state index >= 15 is 0 Å². The highest BCUT2D eigenvalue weighted by Crippen LogP contribution is 2.23. The van der Waals surface area contributed by atoms with Crippen LogP contribution in [0, 0.1) is 12.8 Å². The predicted molar refractivity (Wildman–Crippen MR) is 100 cm³/mol. The van der Waals surface area contributed by atoms with Crippen LogP contribution in [0.1, 0.15) is 37.7 Å². The summed E-state index contributed by atoms with van der Waals surface area (Å²) in [5.41, 5.74) is 5.51. The van der Waals surface area contributed by atoms with Crippen LogP contribution in [0.2, 0.25) is 0 Å². The Bertz CT molecular complexity index is 660. The molecule has 1 saturated carbocycles. The molecule has 8 heteroatoms.